The van der Waals surface area contributed by atoms with Crippen LogP contribution >= 0.6 is 0 Å². The number of para-hydroxylation sites is 1. The van der Waals surface area contributed by atoms with Crippen LogP contribution in [0.15, 0.2) is 87.2 Å². The van der Waals surface area contributed by atoms with Crippen LogP contribution in [0.4, 0.5) is 46.0 Å². The topological polar surface area (TPSA) is 303 Å². The van der Waals surface area contributed by atoms with Crippen molar-refractivity contribution in [1.82, 2.24) is 29.6 Å². The molecular formula is C41H52N16O6. The number of carbonyl (C=O) groups excluding carboxylic acids is 4. The predicted octanol–water partition coefficient (Wildman–Crippen LogP) is 2.53. The van der Waals surface area contributed by atoms with Gasteiger partial charge in [-0.2, -0.15) is 0 Å². The molecule has 2 aromatic carbocycles. The van der Waals surface area contributed by atoms with E-state index in [0.717, 1.165) is 31.7 Å². The number of pyridine rings is 2. The van der Waals surface area contributed by atoms with E-state index in [-0.39, 0.29) is 84.7 Å². The Bertz CT molecular complexity index is 2310. The van der Waals surface area contributed by atoms with Crippen molar-refractivity contribution in [3.8, 4) is 11.5 Å². The smallest absolute Gasteiger partial charge is 0.325 e. The summed E-state index contributed by atoms with van der Waals surface area (Å²) in [4.78, 5) is 66.6. The standard InChI is InChI=1S/C41H52N16O6/c1-54-14-16-56(17-15-54)25-39(61)63-33-9-6-27(22-31(33)53-52-30-7-10-34(48-41(30)45)46-36(58)12-13-42)24-55-18-20-57(21-19-55)26-38(60)62-32-5-3-2-4-28(32)50-51-29-8-11-35(49-40(29)44)47-37(59)23-43/h2-11,22H,12-21,23-26,42-43H2,1H3,(H3,44,47,49,59)(H3,45,46,48,58)/b51-50+,53-52+. The summed E-state index contributed by atoms with van der Waals surface area (Å²) in [6, 6.07) is 18.3. The zero-order valence-corrected chi connectivity index (χ0v) is 35.0. The summed E-state index contributed by atoms with van der Waals surface area (Å²) in [5.74, 6) is -0.524. The molecule has 6 rings (SSSR count). The molecule has 332 valence electrons. The molecule has 2 aromatic heterocycles. The zero-order valence-electron chi connectivity index (χ0n) is 35.0. The van der Waals surface area contributed by atoms with Crippen LogP contribution in [0.2, 0.25) is 0 Å². The number of esters is 2. The minimum atomic E-state index is -0.457. The Balaban J connectivity index is 1.06. The Morgan fingerprint density at radius 3 is 1.70 bits per heavy atom. The van der Waals surface area contributed by atoms with Crippen molar-refractivity contribution in [2.24, 2.45) is 31.9 Å². The molecule has 2 aliphatic rings. The summed E-state index contributed by atoms with van der Waals surface area (Å²) in [6.07, 6.45) is 0.140. The number of piperazine rings is 2. The first-order valence-corrected chi connectivity index (χ1v) is 20.3. The molecule has 2 saturated heterocycles. The van der Waals surface area contributed by atoms with Gasteiger partial charge in [0, 0.05) is 71.9 Å². The Kier molecular flexibility index (Phi) is 16.2. The lowest BCUT2D eigenvalue weighted by molar-refractivity contribution is -0.137. The van der Waals surface area contributed by atoms with Gasteiger partial charge in [-0.05, 0) is 61.1 Å². The molecule has 0 spiro atoms. The van der Waals surface area contributed by atoms with Crippen molar-refractivity contribution in [1.29, 1.82) is 0 Å². The van der Waals surface area contributed by atoms with E-state index in [2.05, 4.69) is 55.8 Å². The molecule has 2 fully saturated rings. The molecule has 0 unspecified atom stereocenters. The van der Waals surface area contributed by atoms with Gasteiger partial charge in [-0.3, -0.25) is 33.9 Å². The van der Waals surface area contributed by atoms with Gasteiger partial charge in [0.15, 0.2) is 23.1 Å². The normalized spacial score (nSPS) is 15.4. The van der Waals surface area contributed by atoms with Crippen LogP contribution in [-0.2, 0) is 25.7 Å². The third-order valence-corrected chi connectivity index (χ3v) is 9.94. The van der Waals surface area contributed by atoms with Crippen LogP contribution in [0, 0.1) is 0 Å². The van der Waals surface area contributed by atoms with Gasteiger partial charge in [-0.1, -0.05) is 18.2 Å². The highest BCUT2D eigenvalue weighted by molar-refractivity contribution is 5.91. The third-order valence-electron chi connectivity index (χ3n) is 9.94. The molecule has 0 saturated carbocycles. The summed E-state index contributed by atoms with van der Waals surface area (Å²) in [7, 11) is 2.05. The second-order valence-electron chi connectivity index (χ2n) is 14.8. The first kappa shape index (κ1) is 45.7. The van der Waals surface area contributed by atoms with E-state index < -0.39 is 17.8 Å². The van der Waals surface area contributed by atoms with Crippen LogP contribution in [0.5, 0.6) is 11.5 Å². The molecule has 10 N–H and O–H groups in total. The van der Waals surface area contributed by atoms with Gasteiger partial charge in [0.25, 0.3) is 0 Å². The molecule has 2 amide bonds. The van der Waals surface area contributed by atoms with E-state index in [1.54, 1.807) is 48.5 Å². The predicted molar refractivity (Wildman–Crippen MR) is 235 cm³/mol. The molecular weight excluding hydrogens is 813 g/mol. The molecule has 2 aliphatic heterocycles. The van der Waals surface area contributed by atoms with Crippen LogP contribution in [0.1, 0.15) is 12.0 Å². The number of benzene rings is 2. The number of hydrogen-bond acceptors (Lipinski definition) is 20. The zero-order chi connectivity index (χ0) is 44.7. The van der Waals surface area contributed by atoms with Gasteiger partial charge in [-0.15, -0.1) is 20.5 Å². The summed E-state index contributed by atoms with van der Waals surface area (Å²) in [5.41, 5.74) is 25.0. The largest absolute Gasteiger partial charge is 0.423 e. The van der Waals surface area contributed by atoms with Crippen LogP contribution in [0.3, 0.4) is 0 Å². The third kappa shape index (κ3) is 13.8. The Hall–Kier alpha value is -6.82. The van der Waals surface area contributed by atoms with E-state index in [1.165, 1.54) is 6.07 Å². The molecule has 4 heterocycles. The molecule has 63 heavy (non-hydrogen) atoms. The average molecular weight is 865 g/mol. The van der Waals surface area contributed by atoms with E-state index in [9.17, 15) is 19.2 Å². The fraction of sp³-hybridized carbons (Fsp3) is 0.366. The summed E-state index contributed by atoms with van der Waals surface area (Å²) in [6.45, 7) is 6.53. The molecule has 22 nitrogen and oxygen atoms in total. The van der Waals surface area contributed by atoms with Crippen LogP contribution in [0.25, 0.3) is 0 Å². The van der Waals surface area contributed by atoms with Crippen LogP contribution < -0.4 is 43.0 Å². The van der Waals surface area contributed by atoms with E-state index >= 15 is 0 Å². The quantitative estimate of drug-likeness (QED) is 0.0505. The number of rotatable bonds is 17. The lowest BCUT2D eigenvalue weighted by atomic mass is 10.1. The number of nitrogen functional groups attached to an aromatic ring is 2. The maximum Gasteiger partial charge on any atom is 0.325 e. The van der Waals surface area contributed by atoms with Crippen molar-refractivity contribution < 1.29 is 28.7 Å². The van der Waals surface area contributed by atoms with Crippen molar-refractivity contribution in [2.75, 3.05) is 108 Å². The molecule has 4 aromatic rings. The highest BCUT2D eigenvalue weighted by atomic mass is 16.5. The van der Waals surface area contributed by atoms with Gasteiger partial charge in [0.05, 0.1) is 19.6 Å². The number of nitrogens with one attached hydrogen (secondary N) is 2. The number of azo groups is 2. The van der Waals surface area contributed by atoms with Crippen molar-refractivity contribution >= 4 is 69.8 Å². The van der Waals surface area contributed by atoms with Gasteiger partial charge in [-0.25, -0.2) is 9.97 Å². The molecule has 0 bridgehead atoms. The Morgan fingerprint density at radius 2 is 1.13 bits per heavy atom. The minimum absolute atomic E-state index is 0.0390. The number of likely N-dealkylation sites (N-methyl/N-ethyl adjacent to an activating group) is 1. The lowest BCUT2D eigenvalue weighted by Gasteiger charge is -2.34. The van der Waals surface area contributed by atoms with E-state index in [1.807, 2.05) is 24.1 Å². The summed E-state index contributed by atoms with van der Waals surface area (Å²) >= 11 is 0. The monoisotopic (exact) mass is 864 g/mol. The van der Waals surface area contributed by atoms with Gasteiger partial charge in [0.2, 0.25) is 11.8 Å². The number of ether oxygens (including phenoxy) is 2. The van der Waals surface area contributed by atoms with Gasteiger partial charge < -0.3 is 47.9 Å². The van der Waals surface area contributed by atoms with Crippen molar-refractivity contribution in [3.63, 3.8) is 0 Å². The average Bonchev–Trinajstić information content (AvgIpc) is 3.26. The second-order valence-corrected chi connectivity index (χ2v) is 14.8. The van der Waals surface area contributed by atoms with E-state index in [0.29, 0.717) is 44.1 Å². The van der Waals surface area contributed by atoms with Gasteiger partial charge in [0.1, 0.15) is 34.4 Å². The number of nitrogens with zero attached hydrogens (tertiary/aromatic N) is 10. The minimum Gasteiger partial charge on any atom is -0.423 e. The lowest BCUT2D eigenvalue weighted by Crippen LogP contribution is -2.48. The van der Waals surface area contributed by atoms with Gasteiger partial charge >= 0.3 is 11.9 Å². The molecule has 0 radical (unpaired) electrons. The van der Waals surface area contributed by atoms with E-state index in [4.69, 9.17) is 32.4 Å². The highest BCUT2D eigenvalue weighted by Crippen LogP contribution is 2.34. The molecule has 0 aliphatic carbocycles. The summed E-state index contributed by atoms with van der Waals surface area (Å²) in [5, 5.41) is 22.3. The fourth-order valence-electron chi connectivity index (χ4n) is 6.49. The highest BCUT2D eigenvalue weighted by Gasteiger charge is 2.23. The first-order chi connectivity index (χ1) is 30.4. The number of carbonyl (C=O) groups is 4. The number of hydrogen-bond donors (Lipinski definition) is 6. The summed E-state index contributed by atoms with van der Waals surface area (Å²) < 4.78 is 11.5. The molecule has 22 heteroatoms. The maximum atomic E-state index is 13.1. The molecule has 0 atom stereocenters. The number of amides is 2. The Morgan fingerprint density at radius 1 is 0.619 bits per heavy atom. The number of nitrogens with two attached hydrogens (primary N) is 4. The Labute approximate surface area is 363 Å². The SMILES string of the molecule is CN1CCN(CC(=O)Oc2ccc(CN3CCN(CC(=O)Oc4ccccc4/N=N/c4ccc(NC(=O)CN)nc4N)CC3)cc2/N=N/c2ccc(NC(=O)CCN)nc2N)CC1. The van der Waals surface area contributed by atoms with Crippen LogP contribution in [-0.4, -0.2) is 139 Å². The second kappa shape index (κ2) is 22.3. The number of anilines is 4. The van der Waals surface area contributed by atoms with Crippen molar-refractivity contribution in [2.45, 2.75) is 13.0 Å². The number of aromatic nitrogens is 2. The maximum absolute atomic E-state index is 13.1. The fourth-order valence-corrected chi connectivity index (χ4v) is 6.49. The first-order valence-electron chi connectivity index (χ1n) is 20.3. The van der Waals surface area contributed by atoms with Crippen molar-refractivity contribution in [3.05, 3.63) is 72.3 Å².